The van der Waals surface area contributed by atoms with E-state index < -0.39 is 5.41 Å². The molecule has 7 heteroatoms. The summed E-state index contributed by atoms with van der Waals surface area (Å²) in [7, 11) is 0. The van der Waals surface area contributed by atoms with Crippen molar-refractivity contribution in [2.75, 3.05) is 16.3 Å². The van der Waals surface area contributed by atoms with Crippen LogP contribution in [-0.2, 0) is 27.2 Å². The Balaban J connectivity index is 0.000000199. The molecule has 3 heterocycles. The van der Waals surface area contributed by atoms with Gasteiger partial charge in [0.2, 0.25) is 11.7 Å². The summed E-state index contributed by atoms with van der Waals surface area (Å²) in [6.45, 7) is 24.8. The van der Waals surface area contributed by atoms with Crippen LogP contribution < -0.4 is 9.80 Å². The summed E-state index contributed by atoms with van der Waals surface area (Å²) in [5.41, 5.74) is 12.4. The average Bonchev–Trinajstić information content (AvgIpc) is 3.70. The van der Waals surface area contributed by atoms with Gasteiger partial charge >= 0.3 is 0 Å². The largest absolute Gasteiger partial charge is 0.502 e. The number of hydrogen-bond donors (Lipinski definition) is 0. The molecule has 0 atom stereocenters. The number of carbonyl (C=O) groups is 1. The topological polar surface area (TPSA) is 45.8 Å². The fourth-order valence-electron chi connectivity index (χ4n) is 8.10. The summed E-state index contributed by atoms with van der Waals surface area (Å²) in [5.74, 6) is 2.54. The Morgan fingerprint density at radius 1 is 0.625 bits per heavy atom. The quantitative estimate of drug-likeness (QED) is 0.118. The summed E-state index contributed by atoms with van der Waals surface area (Å²) in [4.78, 5) is 23.0. The van der Waals surface area contributed by atoms with Gasteiger partial charge in [0, 0.05) is 46.0 Å². The number of amides is 1. The minimum absolute atomic E-state index is 0. The van der Waals surface area contributed by atoms with Crippen LogP contribution in [0.3, 0.4) is 0 Å². The van der Waals surface area contributed by atoms with Gasteiger partial charge in [-0.3, -0.25) is 9.36 Å². The first kappa shape index (κ1) is 41.0. The molecule has 0 unspecified atom stereocenters. The molecule has 1 fully saturated rings. The molecule has 0 saturated carbocycles. The van der Waals surface area contributed by atoms with Crippen LogP contribution >= 0.6 is 0 Å². The van der Waals surface area contributed by atoms with Crippen molar-refractivity contribution in [2.24, 2.45) is 5.41 Å². The van der Waals surface area contributed by atoms with E-state index in [1.807, 2.05) is 23.1 Å². The summed E-state index contributed by atoms with van der Waals surface area (Å²) in [6.07, 6.45) is 0. The Labute approximate surface area is 349 Å². The number of imidazole rings is 2. The molecule has 56 heavy (non-hydrogen) atoms. The first-order chi connectivity index (χ1) is 26.3. The number of benzene rings is 5. The molecular weight excluding hydrogens is 872 g/mol. The third-order valence-electron chi connectivity index (χ3n) is 10.9. The van der Waals surface area contributed by atoms with Crippen LogP contribution in [0.2, 0.25) is 0 Å². The molecule has 0 bridgehead atoms. The number of aromatic nitrogens is 3. The van der Waals surface area contributed by atoms with E-state index in [1.54, 1.807) is 0 Å². The van der Waals surface area contributed by atoms with Crippen molar-refractivity contribution in [3.63, 3.8) is 0 Å². The zero-order chi connectivity index (χ0) is 39.2. The van der Waals surface area contributed by atoms with Gasteiger partial charge in [-0.25, -0.2) is 4.98 Å². The molecule has 5 aromatic carbocycles. The Morgan fingerprint density at radius 2 is 1.12 bits per heavy atom. The third kappa shape index (κ3) is 7.47. The molecule has 295 valence electrons. The maximum atomic E-state index is 13.9. The molecule has 6 nitrogen and oxygen atoms in total. The molecule has 0 spiro atoms. The van der Waals surface area contributed by atoms with Crippen LogP contribution in [0.4, 0.5) is 11.4 Å². The molecule has 1 saturated heterocycles. The Morgan fingerprint density at radius 3 is 1.68 bits per heavy atom. The molecular formula is C49H55AuN5O-2. The second-order valence-electron chi connectivity index (χ2n) is 16.8. The van der Waals surface area contributed by atoms with Gasteiger partial charge in [0.15, 0.2) is 0 Å². The predicted molar refractivity (Wildman–Crippen MR) is 231 cm³/mol. The maximum absolute atomic E-state index is 13.9. The monoisotopic (exact) mass is 926 g/mol. The SMILES string of the molecule is CC(C)c1cccc(C(C)C)c1N1[CH-]N(c2c(C(C)C)cccc2C(C)C)C(=O)C(C)(C)C1.[Au].[c-]1cccc2c1nc1n(-c3ccccc3)c3ccccc3n21. The fraction of sp³-hybridized carbons (Fsp3) is 0.327. The summed E-state index contributed by atoms with van der Waals surface area (Å²) in [5, 5.41) is 0. The molecule has 1 aliphatic heterocycles. The molecule has 2 aromatic heterocycles. The number of anilines is 2. The van der Waals surface area contributed by atoms with Crippen molar-refractivity contribution in [3.8, 4) is 5.69 Å². The van der Waals surface area contributed by atoms with Crippen LogP contribution in [0.1, 0.15) is 115 Å². The van der Waals surface area contributed by atoms with Crippen molar-refractivity contribution in [3.05, 3.63) is 144 Å². The molecule has 1 radical (unpaired) electrons. The first-order valence-electron chi connectivity index (χ1n) is 19.8. The smallest absolute Gasteiger partial charge is 0.207 e. The van der Waals surface area contributed by atoms with E-state index in [9.17, 15) is 4.79 Å². The van der Waals surface area contributed by atoms with Crippen molar-refractivity contribution < 1.29 is 27.2 Å². The second-order valence-corrected chi connectivity index (χ2v) is 16.8. The van der Waals surface area contributed by atoms with Crippen LogP contribution in [0.25, 0.3) is 33.5 Å². The van der Waals surface area contributed by atoms with E-state index in [2.05, 4.69) is 187 Å². The number of hydrogen-bond acceptors (Lipinski definition) is 3. The van der Waals surface area contributed by atoms with E-state index in [4.69, 9.17) is 4.98 Å². The van der Waals surface area contributed by atoms with Crippen LogP contribution in [-0.4, -0.2) is 26.4 Å². The zero-order valence-corrected chi connectivity index (χ0v) is 36.6. The summed E-state index contributed by atoms with van der Waals surface area (Å²) < 4.78 is 4.40. The first-order valence-corrected chi connectivity index (χ1v) is 19.8. The molecule has 1 amide bonds. The van der Waals surface area contributed by atoms with Crippen molar-refractivity contribution in [1.82, 2.24) is 14.0 Å². The molecule has 8 rings (SSSR count). The zero-order valence-electron chi connectivity index (χ0n) is 34.4. The average molecular weight is 927 g/mol. The number of para-hydroxylation sites is 6. The van der Waals surface area contributed by atoms with Gasteiger partial charge in [-0.2, -0.15) is 18.2 Å². The van der Waals surface area contributed by atoms with Gasteiger partial charge < -0.3 is 14.2 Å². The standard InChI is InChI=1S/C30H43N2O.C19H12N3.Au/c1-19(2)23-13-11-14-24(20(3)4)27(23)31-17-30(9,10)29(33)32(18-31)28-25(21(5)6)15-12-16-26(28)22(7)8;1-2-8-14(9-3-1)21-17-12-6-7-13-18(17)22-16-11-5-4-10-15(16)20-19(21)22;/h11-16,18-22H,17H2,1-10H3;1-9,11-13H;/q2*-1;. The van der Waals surface area contributed by atoms with Gasteiger partial charge in [-0.05, 0) is 95.1 Å². The maximum Gasteiger partial charge on any atom is 0.207 e. The van der Waals surface area contributed by atoms with Crippen molar-refractivity contribution >= 4 is 45.1 Å². The summed E-state index contributed by atoms with van der Waals surface area (Å²) in [6, 6.07) is 41.1. The van der Waals surface area contributed by atoms with Crippen LogP contribution in [0.5, 0.6) is 0 Å². The summed E-state index contributed by atoms with van der Waals surface area (Å²) >= 11 is 0. The van der Waals surface area contributed by atoms with Crippen LogP contribution in [0.15, 0.2) is 109 Å². The van der Waals surface area contributed by atoms with E-state index in [0.717, 1.165) is 39.2 Å². The minimum atomic E-state index is -0.509. The molecule has 0 aliphatic carbocycles. The van der Waals surface area contributed by atoms with Gasteiger partial charge in [0.05, 0.1) is 16.4 Å². The minimum Gasteiger partial charge on any atom is -0.502 e. The normalized spacial score (nSPS) is 14.4. The molecule has 0 N–H and O–H groups in total. The fourth-order valence-corrected chi connectivity index (χ4v) is 8.10. The number of rotatable bonds is 7. The van der Waals surface area contributed by atoms with Gasteiger partial charge in [0.1, 0.15) is 0 Å². The van der Waals surface area contributed by atoms with E-state index in [-0.39, 0.29) is 28.3 Å². The van der Waals surface area contributed by atoms with E-state index in [1.165, 1.54) is 27.9 Å². The number of fused-ring (bicyclic) bond motifs is 5. The van der Waals surface area contributed by atoms with Gasteiger partial charge in [0.25, 0.3) is 0 Å². The van der Waals surface area contributed by atoms with Gasteiger partial charge in [-0.15, -0.1) is 12.7 Å². The Hall–Kier alpha value is -4.62. The molecule has 7 aromatic rings. The number of nitrogens with zero attached hydrogens (tertiary/aromatic N) is 5. The second kappa shape index (κ2) is 16.5. The van der Waals surface area contributed by atoms with Crippen molar-refractivity contribution in [2.45, 2.75) is 92.9 Å². The van der Waals surface area contributed by atoms with Gasteiger partial charge in [-0.1, -0.05) is 122 Å². The van der Waals surface area contributed by atoms with Crippen LogP contribution in [0, 0.1) is 18.2 Å². The number of carbonyl (C=O) groups excluding carboxylic acids is 1. The third-order valence-corrected chi connectivity index (χ3v) is 10.9. The molecule has 1 aliphatic rings. The van der Waals surface area contributed by atoms with E-state index in [0.29, 0.717) is 30.2 Å². The van der Waals surface area contributed by atoms with E-state index >= 15 is 0 Å². The Kier molecular flexibility index (Phi) is 12.1. The Bertz CT molecular complexity index is 2420. The predicted octanol–water partition coefficient (Wildman–Crippen LogP) is 12.4. The van der Waals surface area contributed by atoms with Crippen molar-refractivity contribution in [1.29, 1.82) is 0 Å².